The second-order valence-corrected chi connectivity index (χ2v) is 9.04. The highest BCUT2D eigenvalue weighted by atomic mass is 35.5. The number of hydrogen-bond acceptors (Lipinski definition) is 5. The average molecular weight is 472 g/mol. The maximum absolute atomic E-state index is 12.4. The van der Waals surface area contributed by atoms with Crippen molar-refractivity contribution in [1.29, 1.82) is 0 Å². The van der Waals surface area contributed by atoms with E-state index < -0.39 is 17.9 Å². The zero-order chi connectivity index (χ0) is 23.3. The minimum atomic E-state index is -1.04. The number of nitrogens with zero attached hydrogens (tertiary/aromatic N) is 2. The number of benzene rings is 2. The van der Waals surface area contributed by atoms with Gasteiger partial charge in [-0.3, -0.25) is 4.79 Å². The second-order valence-electron chi connectivity index (χ2n) is 7.77. The summed E-state index contributed by atoms with van der Waals surface area (Å²) in [5.41, 5.74) is 3.39. The maximum Gasteiger partial charge on any atom is 0.326 e. The number of carboxylic acids is 1. The van der Waals surface area contributed by atoms with Crippen LogP contribution in [0.25, 0.3) is 11.3 Å². The molecule has 0 saturated heterocycles. The highest BCUT2D eigenvalue weighted by Gasteiger charge is 2.24. The Morgan fingerprint density at radius 3 is 2.34 bits per heavy atom. The van der Waals surface area contributed by atoms with Crippen molar-refractivity contribution in [2.24, 2.45) is 5.92 Å². The molecule has 168 valence electrons. The summed E-state index contributed by atoms with van der Waals surface area (Å²) >= 11 is 7.56. The van der Waals surface area contributed by atoms with Gasteiger partial charge < -0.3 is 15.3 Å². The fraction of sp³-hybridized carbons (Fsp3) is 0.292. The van der Waals surface area contributed by atoms with Crippen molar-refractivity contribution in [3.05, 3.63) is 70.1 Å². The Morgan fingerprint density at radius 2 is 1.78 bits per heavy atom. The molecule has 32 heavy (non-hydrogen) atoms. The number of rotatable bonds is 9. The number of carbonyl (C=O) groups is 2. The van der Waals surface area contributed by atoms with Crippen molar-refractivity contribution < 1.29 is 14.7 Å². The van der Waals surface area contributed by atoms with Gasteiger partial charge in [-0.25, -0.2) is 9.78 Å². The monoisotopic (exact) mass is 471 g/mol. The summed E-state index contributed by atoms with van der Waals surface area (Å²) in [7, 11) is 0. The predicted molar refractivity (Wildman–Crippen MR) is 129 cm³/mol. The first-order valence-corrected chi connectivity index (χ1v) is 11.6. The van der Waals surface area contributed by atoms with Crippen LogP contribution < -0.4 is 10.2 Å². The molecule has 1 heterocycles. The van der Waals surface area contributed by atoms with Crippen LogP contribution in [0, 0.1) is 5.92 Å². The molecule has 0 bridgehead atoms. The van der Waals surface area contributed by atoms with E-state index in [1.54, 1.807) is 37.3 Å². The van der Waals surface area contributed by atoms with Crippen LogP contribution in [0.5, 0.6) is 0 Å². The molecule has 1 aromatic heterocycles. The van der Waals surface area contributed by atoms with Crippen molar-refractivity contribution in [3.8, 4) is 11.3 Å². The zero-order valence-corrected chi connectivity index (χ0v) is 19.8. The molecule has 3 aromatic rings. The van der Waals surface area contributed by atoms with Crippen LogP contribution in [-0.4, -0.2) is 34.6 Å². The molecule has 0 aliphatic heterocycles. The Bertz CT molecular complexity index is 1060. The lowest BCUT2D eigenvalue weighted by Gasteiger charge is -2.20. The SMILES string of the molecule is CCN(Cc1ccc(C(=O)NC(C(=O)O)C(C)C)cc1)c1nc(-c2ccc(Cl)cc2)cs1. The topological polar surface area (TPSA) is 82.5 Å². The van der Waals surface area contributed by atoms with E-state index >= 15 is 0 Å². The van der Waals surface area contributed by atoms with Gasteiger partial charge in [-0.15, -0.1) is 11.3 Å². The van der Waals surface area contributed by atoms with Crippen LogP contribution in [0.3, 0.4) is 0 Å². The largest absolute Gasteiger partial charge is 0.480 e. The van der Waals surface area contributed by atoms with Gasteiger partial charge >= 0.3 is 5.97 Å². The molecule has 0 aliphatic carbocycles. The highest BCUT2D eigenvalue weighted by molar-refractivity contribution is 7.14. The highest BCUT2D eigenvalue weighted by Crippen LogP contribution is 2.29. The van der Waals surface area contributed by atoms with Crippen LogP contribution in [0.4, 0.5) is 5.13 Å². The van der Waals surface area contributed by atoms with E-state index in [9.17, 15) is 14.7 Å². The first kappa shape index (κ1) is 23.8. The van der Waals surface area contributed by atoms with Crippen LogP contribution in [0.2, 0.25) is 5.02 Å². The Kier molecular flexibility index (Phi) is 7.88. The van der Waals surface area contributed by atoms with Crippen molar-refractivity contribution in [1.82, 2.24) is 10.3 Å². The smallest absolute Gasteiger partial charge is 0.326 e. The number of amides is 1. The fourth-order valence-corrected chi connectivity index (χ4v) is 4.22. The van der Waals surface area contributed by atoms with Crippen LogP contribution in [-0.2, 0) is 11.3 Å². The molecule has 2 aromatic carbocycles. The summed E-state index contributed by atoms with van der Waals surface area (Å²) in [6, 6.07) is 13.9. The van der Waals surface area contributed by atoms with E-state index in [1.165, 1.54) is 0 Å². The minimum absolute atomic E-state index is 0.204. The molecule has 1 atom stereocenters. The molecule has 0 radical (unpaired) electrons. The summed E-state index contributed by atoms with van der Waals surface area (Å²) in [6.07, 6.45) is 0. The van der Waals surface area contributed by atoms with Crippen LogP contribution in [0.1, 0.15) is 36.7 Å². The normalized spacial score (nSPS) is 11.9. The van der Waals surface area contributed by atoms with E-state index in [0.29, 0.717) is 17.1 Å². The zero-order valence-electron chi connectivity index (χ0n) is 18.2. The lowest BCUT2D eigenvalue weighted by molar-refractivity contribution is -0.140. The molecule has 8 heteroatoms. The van der Waals surface area contributed by atoms with E-state index in [1.807, 2.05) is 41.8 Å². The number of anilines is 1. The summed E-state index contributed by atoms with van der Waals surface area (Å²) in [4.78, 5) is 30.7. The lowest BCUT2D eigenvalue weighted by atomic mass is 10.0. The number of halogens is 1. The van der Waals surface area contributed by atoms with E-state index in [4.69, 9.17) is 16.6 Å². The number of aromatic nitrogens is 1. The molecule has 0 fully saturated rings. The summed E-state index contributed by atoms with van der Waals surface area (Å²) in [5, 5.41) is 15.5. The number of carbonyl (C=O) groups excluding carboxylic acids is 1. The number of carboxylic acid groups (broad SMARTS) is 1. The number of hydrogen-bond donors (Lipinski definition) is 2. The van der Waals surface area contributed by atoms with Crippen LogP contribution >= 0.6 is 22.9 Å². The van der Waals surface area contributed by atoms with Gasteiger partial charge in [0.15, 0.2) is 5.13 Å². The first-order chi connectivity index (χ1) is 15.3. The van der Waals surface area contributed by atoms with Gasteiger partial charge in [0, 0.05) is 34.6 Å². The summed E-state index contributed by atoms with van der Waals surface area (Å²) in [6.45, 7) is 7.03. The van der Waals surface area contributed by atoms with Gasteiger partial charge in [0.05, 0.1) is 5.69 Å². The van der Waals surface area contributed by atoms with Gasteiger partial charge in [0.25, 0.3) is 5.91 Å². The van der Waals surface area contributed by atoms with Gasteiger partial charge in [0.2, 0.25) is 0 Å². The third-order valence-corrected chi connectivity index (χ3v) is 6.25. The molecule has 1 amide bonds. The Morgan fingerprint density at radius 1 is 1.12 bits per heavy atom. The molecular formula is C24H26ClN3O3S. The summed E-state index contributed by atoms with van der Waals surface area (Å²) in [5.74, 6) is -1.63. The Labute approximate surface area is 196 Å². The predicted octanol–water partition coefficient (Wildman–Crippen LogP) is 5.33. The number of thiazole rings is 1. The third kappa shape index (κ3) is 5.87. The maximum atomic E-state index is 12.4. The molecular weight excluding hydrogens is 446 g/mol. The van der Waals surface area contributed by atoms with E-state index in [2.05, 4.69) is 17.1 Å². The summed E-state index contributed by atoms with van der Waals surface area (Å²) < 4.78 is 0. The molecule has 0 spiro atoms. The van der Waals surface area contributed by atoms with Crippen molar-refractivity contribution in [2.75, 3.05) is 11.4 Å². The Hall–Kier alpha value is -2.90. The Balaban J connectivity index is 1.68. The van der Waals surface area contributed by atoms with E-state index in [0.717, 1.165) is 28.5 Å². The lowest BCUT2D eigenvalue weighted by Crippen LogP contribution is -2.44. The van der Waals surface area contributed by atoms with Crippen molar-refractivity contribution in [3.63, 3.8) is 0 Å². The second kappa shape index (κ2) is 10.6. The molecule has 6 nitrogen and oxygen atoms in total. The van der Waals surface area contributed by atoms with Gasteiger partial charge in [-0.2, -0.15) is 0 Å². The molecule has 1 unspecified atom stereocenters. The molecule has 3 rings (SSSR count). The van der Waals surface area contributed by atoms with Gasteiger partial charge in [-0.05, 0) is 42.7 Å². The molecule has 0 aliphatic rings. The standard InChI is InChI=1S/C24H26ClN3O3S/c1-4-28(24-26-20(14-32-24)17-9-11-19(25)12-10-17)13-16-5-7-18(8-6-16)22(29)27-21(15(2)3)23(30)31/h5-12,14-15,21H,4,13H2,1-3H3,(H,27,29)(H,30,31). The average Bonchev–Trinajstić information content (AvgIpc) is 3.26. The van der Waals surface area contributed by atoms with Crippen LogP contribution in [0.15, 0.2) is 53.9 Å². The molecule has 2 N–H and O–H groups in total. The van der Waals surface area contributed by atoms with Gasteiger partial charge in [-0.1, -0.05) is 49.7 Å². The molecule has 0 saturated carbocycles. The first-order valence-electron chi connectivity index (χ1n) is 10.4. The van der Waals surface area contributed by atoms with E-state index in [-0.39, 0.29) is 5.92 Å². The minimum Gasteiger partial charge on any atom is -0.480 e. The third-order valence-electron chi connectivity index (χ3n) is 5.09. The fourth-order valence-electron chi connectivity index (χ4n) is 3.20. The van der Waals surface area contributed by atoms with Gasteiger partial charge in [0.1, 0.15) is 6.04 Å². The number of nitrogens with one attached hydrogen (secondary N) is 1. The quantitative estimate of drug-likeness (QED) is 0.440. The number of aliphatic carboxylic acids is 1. The van der Waals surface area contributed by atoms with Crippen molar-refractivity contribution >= 4 is 39.9 Å². The van der Waals surface area contributed by atoms with Crippen molar-refractivity contribution in [2.45, 2.75) is 33.4 Å².